The van der Waals surface area contributed by atoms with Crippen molar-refractivity contribution in [2.24, 2.45) is 0 Å². The highest BCUT2D eigenvalue weighted by molar-refractivity contribution is 9.10. The lowest BCUT2D eigenvalue weighted by atomic mass is 10.1. The van der Waals surface area contributed by atoms with Crippen LogP contribution in [0, 0.1) is 0 Å². The first-order valence-corrected chi connectivity index (χ1v) is 5.92. The number of halogens is 4. The van der Waals surface area contributed by atoms with Crippen LogP contribution in [0.2, 0.25) is 0 Å². The van der Waals surface area contributed by atoms with E-state index in [0.717, 1.165) is 0 Å². The molecule has 0 radical (unpaired) electrons. The third kappa shape index (κ3) is 5.03. The van der Waals surface area contributed by atoms with E-state index in [9.17, 15) is 18.0 Å². The molecule has 88 valence electrons. The number of hydrogen-bond donors (Lipinski definition) is 0. The van der Waals surface area contributed by atoms with Gasteiger partial charge in [-0.25, -0.2) is 0 Å². The van der Waals surface area contributed by atoms with Crippen molar-refractivity contribution in [2.75, 3.05) is 0 Å². The fourth-order valence-corrected chi connectivity index (χ4v) is 2.56. The number of thioether (sulfide) groups is 1. The number of hydrogen-bond acceptors (Lipinski definition) is 2. The first-order valence-electron chi connectivity index (χ1n) is 4.31. The second kappa shape index (κ2) is 5.23. The molecule has 0 aliphatic rings. The Morgan fingerprint density at radius 3 is 2.50 bits per heavy atom. The molecule has 0 heterocycles. The predicted molar refractivity (Wildman–Crippen MR) is 60.4 cm³/mol. The maximum atomic E-state index is 12.1. The van der Waals surface area contributed by atoms with Gasteiger partial charge < -0.3 is 0 Å². The summed E-state index contributed by atoms with van der Waals surface area (Å²) in [5.74, 6) is -0.0824. The fraction of sp³-hybridized carbons (Fsp3) is 0.300. The van der Waals surface area contributed by atoms with Crippen molar-refractivity contribution >= 4 is 33.5 Å². The van der Waals surface area contributed by atoms with Crippen molar-refractivity contribution in [3.8, 4) is 0 Å². The summed E-state index contributed by atoms with van der Waals surface area (Å²) in [6.45, 7) is 1.40. The van der Waals surface area contributed by atoms with Crippen LogP contribution in [0.25, 0.3) is 0 Å². The minimum absolute atomic E-state index is 0.0816. The molecule has 0 spiro atoms. The number of rotatable bonds is 3. The Labute approximate surface area is 104 Å². The van der Waals surface area contributed by atoms with Crippen LogP contribution in [-0.4, -0.2) is 11.3 Å². The van der Waals surface area contributed by atoms with E-state index in [-0.39, 0.29) is 28.9 Å². The average molecular weight is 313 g/mol. The summed E-state index contributed by atoms with van der Waals surface area (Å²) in [5, 5.41) is 0. The minimum Gasteiger partial charge on any atom is -0.300 e. The number of carbonyl (C=O) groups excluding carboxylic acids is 1. The van der Waals surface area contributed by atoms with Gasteiger partial charge in [0.25, 0.3) is 0 Å². The molecular weight excluding hydrogens is 305 g/mol. The summed E-state index contributed by atoms with van der Waals surface area (Å²) in [4.78, 5) is 11.0. The molecule has 0 bridgehead atoms. The van der Waals surface area contributed by atoms with Crippen molar-refractivity contribution in [3.63, 3.8) is 0 Å². The van der Waals surface area contributed by atoms with Gasteiger partial charge >= 0.3 is 5.51 Å². The number of benzene rings is 1. The van der Waals surface area contributed by atoms with Gasteiger partial charge in [0.15, 0.2) is 0 Å². The van der Waals surface area contributed by atoms with Crippen molar-refractivity contribution < 1.29 is 18.0 Å². The SMILES string of the molecule is CC(=O)Cc1cc(Br)cc(SC(F)(F)F)c1. The molecule has 0 aromatic heterocycles. The van der Waals surface area contributed by atoms with E-state index in [0.29, 0.717) is 10.0 Å². The van der Waals surface area contributed by atoms with Crippen LogP contribution in [-0.2, 0) is 11.2 Å². The second-order valence-corrected chi connectivity index (χ2v) is 5.28. The summed E-state index contributed by atoms with van der Waals surface area (Å²) in [6, 6.07) is 4.40. The topological polar surface area (TPSA) is 17.1 Å². The Morgan fingerprint density at radius 2 is 2.00 bits per heavy atom. The standard InChI is InChI=1S/C10H8BrF3OS/c1-6(15)2-7-3-8(11)5-9(4-7)16-10(12,13)14/h3-5H,2H2,1H3. The van der Waals surface area contributed by atoms with Crippen molar-refractivity contribution in [1.82, 2.24) is 0 Å². The lowest BCUT2D eigenvalue weighted by Gasteiger charge is -2.08. The highest BCUT2D eigenvalue weighted by atomic mass is 79.9. The molecule has 0 unspecified atom stereocenters. The van der Waals surface area contributed by atoms with Crippen LogP contribution in [0.5, 0.6) is 0 Å². The van der Waals surface area contributed by atoms with Gasteiger partial charge in [-0.05, 0) is 42.4 Å². The van der Waals surface area contributed by atoms with E-state index in [1.54, 1.807) is 6.07 Å². The summed E-state index contributed by atoms with van der Waals surface area (Å²) >= 11 is 2.93. The Bertz CT molecular complexity index is 404. The number of carbonyl (C=O) groups is 1. The van der Waals surface area contributed by atoms with E-state index in [2.05, 4.69) is 15.9 Å². The second-order valence-electron chi connectivity index (χ2n) is 3.22. The van der Waals surface area contributed by atoms with E-state index in [1.165, 1.54) is 19.1 Å². The first kappa shape index (κ1) is 13.6. The van der Waals surface area contributed by atoms with Gasteiger partial charge in [-0.2, -0.15) is 13.2 Å². The number of alkyl halides is 3. The van der Waals surface area contributed by atoms with Gasteiger partial charge in [0.1, 0.15) is 5.78 Å². The van der Waals surface area contributed by atoms with Gasteiger partial charge in [0.05, 0.1) is 0 Å². The maximum Gasteiger partial charge on any atom is 0.446 e. The molecular formula is C10H8BrF3OS. The predicted octanol–water partition coefficient (Wildman–Crippen LogP) is 4.19. The van der Waals surface area contributed by atoms with Crippen LogP contribution in [0.3, 0.4) is 0 Å². The van der Waals surface area contributed by atoms with Gasteiger partial charge in [0.2, 0.25) is 0 Å². The fourth-order valence-electron chi connectivity index (χ4n) is 1.20. The molecule has 1 rings (SSSR count). The zero-order valence-electron chi connectivity index (χ0n) is 8.27. The zero-order valence-corrected chi connectivity index (χ0v) is 10.7. The van der Waals surface area contributed by atoms with Gasteiger partial charge in [-0.15, -0.1) is 0 Å². The molecule has 1 aromatic carbocycles. The summed E-state index contributed by atoms with van der Waals surface area (Å²) in [7, 11) is 0. The van der Waals surface area contributed by atoms with Gasteiger partial charge in [0, 0.05) is 15.8 Å². The van der Waals surface area contributed by atoms with E-state index in [4.69, 9.17) is 0 Å². The molecule has 0 aliphatic heterocycles. The van der Waals surface area contributed by atoms with Crippen LogP contribution in [0.4, 0.5) is 13.2 Å². The van der Waals surface area contributed by atoms with Crippen molar-refractivity contribution in [2.45, 2.75) is 23.7 Å². The molecule has 0 saturated heterocycles. The Kier molecular flexibility index (Phi) is 4.43. The average Bonchev–Trinajstić information content (AvgIpc) is 1.96. The Balaban J connectivity index is 2.94. The largest absolute Gasteiger partial charge is 0.446 e. The maximum absolute atomic E-state index is 12.1. The monoisotopic (exact) mass is 312 g/mol. The molecule has 6 heteroatoms. The molecule has 0 atom stereocenters. The van der Waals surface area contributed by atoms with Crippen LogP contribution < -0.4 is 0 Å². The summed E-state index contributed by atoms with van der Waals surface area (Å²) < 4.78 is 37.0. The third-order valence-corrected chi connectivity index (χ3v) is 2.78. The highest BCUT2D eigenvalue weighted by Crippen LogP contribution is 2.38. The number of Topliss-reactive ketones (excluding diaryl/α,β-unsaturated/α-hetero) is 1. The summed E-state index contributed by atoms with van der Waals surface area (Å²) in [6.07, 6.45) is 0.144. The van der Waals surface area contributed by atoms with Crippen LogP contribution >= 0.6 is 27.7 Å². The lowest BCUT2D eigenvalue weighted by Crippen LogP contribution is -2.01. The van der Waals surface area contributed by atoms with Crippen LogP contribution in [0.15, 0.2) is 27.6 Å². The Hall–Kier alpha value is -0.490. The van der Waals surface area contributed by atoms with E-state index in [1.807, 2.05) is 0 Å². The quantitative estimate of drug-likeness (QED) is 0.778. The first-order chi connectivity index (χ1) is 7.26. The van der Waals surface area contributed by atoms with Crippen molar-refractivity contribution in [3.05, 3.63) is 28.2 Å². The molecule has 16 heavy (non-hydrogen) atoms. The Morgan fingerprint density at radius 1 is 1.38 bits per heavy atom. The molecule has 0 saturated carbocycles. The van der Waals surface area contributed by atoms with E-state index >= 15 is 0 Å². The minimum atomic E-state index is -4.31. The van der Waals surface area contributed by atoms with E-state index < -0.39 is 5.51 Å². The lowest BCUT2D eigenvalue weighted by molar-refractivity contribution is -0.116. The normalized spacial score (nSPS) is 11.6. The molecule has 0 amide bonds. The molecule has 0 N–H and O–H groups in total. The summed E-state index contributed by atoms with van der Waals surface area (Å²) in [5.41, 5.74) is -3.73. The van der Waals surface area contributed by atoms with Crippen LogP contribution in [0.1, 0.15) is 12.5 Å². The molecule has 0 fully saturated rings. The molecule has 1 aromatic rings. The zero-order chi connectivity index (χ0) is 12.3. The molecule has 0 aliphatic carbocycles. The van der Waals surface area contributed by atoms with Gasteiger partial charge in [-0.3, -0.25) is 4.79 Å². The van der Waals surface area contributed by atoms with Gasteiger partial charge in [-0.1, -0.05) is 15.9 Å². The highest BCUT2D eigenvalue weighted by Gasteiger charge is 2.29. The molecule has 1 nitrogen and oxygen atoms in total. The third-order valence-electron chi connectivity index (χ3n) is 1.62. The smallest absolute Gasteiger partial charge is 0.300 e. The number of ketones is 1. The van der Waals surface area contributed by atoms with Crippen molar-refractivity contribution in [1.29, 1.82) is 0 Å².